The van der Waals surface area contributed by atoms with Crippen molar-refractivity contribution >= 4 is 35.4 Å². The van der Waals surface area contributed by atoms with Gasteiger partial charge in [-0.25, -0.2) is 0 Å². The summed E-state index contributed by atoms with van der Waals surface area (Å²) in [7, 11) is 4.70. The van der Waals surface area contributed by atoms with E-state index >= 15 is 0 Å². The number of epoxide rings is 1. The Balaban J connectivity index is 1.23. The van der Waals surface area contributed by atoms with Crippen LogP contribution in [-0.2, 0) is 33.3 Å². The van der Waals surface area contributed by atoms with Crippen LogP contribution in [0.3, 0.4) is 0 Å². The third-order valence-electron chi connectivity index (χ3n) is 12.1. The first kappa shape index (κ1) is 61.2. The van der Waals surface area contributed by atoms with Crippen molar-refractivity contribution in [3.8, 4) is 17.2 Å². The first-order valence-electron chi connectivity index (χ1n) is 26.1. The summed E-state index contributed by atoms with van der Waals surface area (Å²) in [6.45, 7) is 7.69. The second kappa shape index (κ2) is 35.0. The standard InChI is InChI=1S/C55H81N7O13/c1-40(2)10-6-11-50(65)62-55(39-74-36-26-49(64)57-29-8-31-59-52(67)42-14-20-45(70-4)21-15-42,27-37-72-35-25-48(63)56-28-7-30-58-51(66)41-12-18-44(69-3)19-13-41)38-73-34-24-47-54(75-47)61-33-9-32-60-53(68)43-16-22-46(71-5)23-17-43/h12-23,40,47,54,61H,6-11,24-39H2,1-5H3,(H,56,63)(H,57,64)(H,58,66)(H,59,67)(H,60,68)(H,62,65). The summed E-state index contributed by atoms with van der Waals surface area (Å²) < 4.78 is 39.6. The van der Waals surface area contributed by atoms with E-state index in [1.165, 1.54) is 0 Å². The predicted molar refractivity (Wildman–Crippen MR) is 283 cm³/mol. The van der Waals surface area contributed by atoms with Crippen molar-refractivity contribution in [1.29, 1.82) is 0 Å². The lowest BCUT2D eigenvalue weighted by Crippen LogP contribution is -2.56. The average Bonchev–Trinajstić information content (AvgIpc) is 4.17. The summed E-state index contributed by atoms with van der Waals surface area (Å²) in [6.07, 6.45) is 4.54. The van der Waals surface area contributed by atoms with Crippen LogP contribution in [0.25, 0.3) is 0 Å². The van der Waals surface area contributed by atoms with E-state index in [4.69, 9.17) is 33.2 Å². The molecule has 0 bridgehead atoms. The third kappa shape index (κ3) is 25.2. The van der Waals surface area contributed by atoms with E-state index in [0.717, 1.165) is 6.42 Å². The van der Waals surface area contributed by atoms with E-state index in [1.54, 1.807) is 94.1 Å². The van der Waals surface area contributed by atoms with Gasteiger partial charge in [0, 0.05) is 88.3 Å². The van der Waals surface area contributed by atoms with Gasteiger partial charge in [-0.3, -0.25) is 34.1 Å². The fraction of sp³-hybridized carbons (Fsp3) is 0.564. The van der Waals surface area contributed by atoms with Crippen molar-refractivity contribution in [3.05, 3.63) is 89.5 Å². The highest BCUT2D eigenvalue weighted by atomic mass is 16.6. The fourth-order valence-electron chi connectivity index (χ4n) is 7.61. The molecule has 75 heavy (non-hydrogen) atoms. The molecule has 0 saturated carbocycles. The Morgan fingerprint density at radius 1 is 0.507 bits per heavy atom. The number of methoxy groups -OCH3 is 3. The quantitative estimate of drug-likeness (QED) is 0.0310. The van der Waals surface area contributed by atoms with Gasteiger partial charge in [0.05, 0.1) is 53.3 Å². The van der Waals surface area contributed by atoms with Crippen LogP contribution in [0.15, 0.2) is 72.8 Å². The molecule has 414 valence electrons. The fourth-order valence-corrected chi connectivity index (χ4v) is 7.61. The molecule has 6 amide bonds. The molecule has 0 spiro atoms. The molecule has 3 aromatic carbocycles. The van der Waals surface area contributed by atoms with E-state index in [-0.39, 0.29) is 93.7 Å². The number of amides is 6. The molecule has 1 fully saturated rings. The van der Waals surface area contributed by atoms with Crippen LogP contribution < -0.4 is 51.4 Å². The van der Waals surface area contributed by atoms with Gasteiger partial charge in [-0.2, -0.15) is 0 Å². The Morgan fingerprint density at radius 3 is 1.39 bits per heavy atom. The highest BCUT2D eigenvalue weighted by Gasteiger charge is 2.38. The molecule has 1 aliphatic rings. The molecule has 0 radical (unpaired) electrons. The summed E-state index contributed by atoms with van der Waals surface area (Å²) in [5, 5.41) is 20.9. The van der Waals surface area contributed by atoms with Crippen LogP contribution in [0, 0.1) is 5.92 Å². The number of nitrogens with one attached hydrogen (secondary N) is 7. The van der Waals surface area contributed by atoms with E-state index in [9.17, 15) is 28.8 Å². The maximum absolute atomic E-state index is 13.5. The van der Waals surface area contributed by atoms with Crippen molar-refractivity contribution in [2.24, 2.45) is 5.92 Å². The van der Waals surface area contributed by atoms with Crippen LogP contribution in [0.4, 0.5) is 0 Å². The lowest BCUT2D eigenvalue weighted by molar-refractivity contribution is -0.127. The number of carbonyl (C=O) groups is 6. The van der Waals surface area contributed by atoms with Crippen molar-refractivity contribution in [1.82, 2.24) is 37.2 Å². The average molecular weight is 1050 g/mol. The molecular weight excluding hydrogens is 967 g/mol. The smallest absolute Gasteiger partial charge is 0.251 e. The molecule has 3 aromatic rings. The van der Waals surface area contributed by atoms with Crippen LogP contribution in [0.1, 0.15) is 109 Å². The zero-order valence-electron chi connectivity index (χ0n) is 44.5. The van der Waals surface area contributed by atoms with Crippen molar-refractivity contribution in [2.75, 3.05) is 100 Å². The molecule has 0 aromatic heterocycles. The van der Waals surface area contributed by atoms with Gasteiger partial charge < -0.3 is 65.1 Å². The zero-order valence-corrected chi connectivity index (χ0v) is 44.5. The number of benzene rings is 3. The highest BCUT2D eigenvalue weighted by Crippen LogP contribution is 2.24. The minimum Gasteiger partial charge on any atom is -0.497 e. The molecule has 3 atom stereocenters. The zero-order chi connectivity index (χ0) is 54.1. The monoisotopic (exact) mass is 1050 g/mol. The predicted octanol–water partition coefficient (Wildman–Crippen LogP) is 4.31. The van der Waals surface area contributed by atoms with Crippen LogP contribution >= 0.6 is 0 Å². The topological polar surface area (TPSA) is 255 Å². The Kier molecular flexibility index (Phi) is 28.6. The normalized spacial score (nSPS) is 14.5. The van der Waals surface area contributed by atoms with E-state index in [0.29, 0.717) is 131 Å². The van der Waals surface area contributed by atoms with E-state index in [1.807, 2.05) is 0 Å². The summed E-state index contributed by atoms with van der Waals surface area (Å²) in [5.74, 6) is 1.27. The third-order valence-corrected chi connectivity index (χ3v) is 12.1. The lowest BCUT2D eigenvalue weighted by atomic mass is 9.96. The highest BCUT2D eigenvalue weighted by molar-refractivity contribution is 5.95. The van der Waals surface area contributed by atoms with E-state index < -0.39 is 5.54 Å². The number of hydrogen-bond donors (Lipinski definition) is 7. The van der Waals surface area contributed by atoms with Gasteiger partial charge in [0.15, 0.2) is 0 Å². The van der Waals surface area contributed by atoms with Crippen LogP contribution in [0.5, 0.6) is 17.2 Å². The largest absolute Gasteiger partial charge is 0.497 e. The minimum absolute atomic E-state index is 0.0333. The molecule has 7 N–H and O–H groups in total. The minimum atomic E-state index is -1.02. The molecule has 1 heterocycles. The van der Waals surface area contributed by atoms with Crippen molar-refractivity contribution < 1.29 is 61.9 Å². The maximum atomic E-state index is 13.5. The summed E-state index contributed by atoms with van der Waals surface area (Å²) >= 11 is 0. The van der Waals surface area contributed by atoms with Crippen LogP contribution in [0.2, 0.25) is 0 Å². The van der Waals surface area contributed by atoms with Crippen LogP contribution in [-0.4, -0.2) is 154 Å². The van der Waals surface area contributed by atoms with Gasteiger partial charge >= 0.3 is 0 Å². The number of rotatable bonds is 40. The van der Waals surface area contributed by atoms with Gasteiger partial charge in [-0.1, -0.05) is 20.3 Å². The Morgan fingerprint density at radius 2 is 0.933 bits per heavy atom. The Hall–Kier alpha value is -6.32. The van der Waals surface area contributed by atoms with Gasteiger partial charge in [-0.05, 0) is 117 Å². The first-order valence-corrected chi connectivity index (χ1v) is 26.1. The number of ether oxygens (including phenoxy) is 7. The molecule has 1 saturated heterocycles. The number of hydrogen-bond acceptors (Lipinski definition) is 14. The second-order valence-corrected chi connectivity index (χ2v) is 18.6. The Bertz CT molecular complexity index is 2160. The van der Waals surface area contributed by atoms with E-state index in [2.05, 4.69) is 51.1 Å². The number of carbonyl (C=O) groups excluding carboxylic acids is 6. The summed E-state index contributed by atoms with van der Waals surface area (Å²) in [6, 6.07) is 20.5. The molecule has 1 aliphatic heterocycles. The molecule has 4 rings (SSSR count). The van der Waals surface area contributed by atoms with Gasteiger partial charge in [-0.15, -0.1) is 0 Å². The molecular formula is C55H81N7O13. The maximum Gasteiger partial charge on any atom is 0.251 e. The van der Waals surface area contributed by atoms with Crippen molar-refractivity contribution in [3.63, 3.8) is 0 Å². The second-order valence-electron chi connectivity index (χ2n) is 18.6. The molecule has 0 aliphatic carbocycles. The first-order chi connectivity index (χ1) is 36.3. The van der Waals surface area contributed by atoms with Gasteiger partial charge in [0.25, 0.3) is 17.7 Å². The van der Waals surface area contributed by atoms with Crippen molar-refractivity contribution in [2.45, 2.75) is 95.9 Å². The molecule has 20 heteroatoms. The Labute approximate surface area is 442 Å². The van der Waals surface area contributed by atoms with Gasteiger partial charge in [0.1, 0.15) is 29.6 Å². The van der Waals surface area contributed by atoms with Gasteiger partial charge in [0.2, 0.25) is 17.7 Å². The summed E-state index contributed by atoms with van der Waals surface area (Å²) in [5.41, 5.74) is 0.558. The summed E-state index contributed by atoms with van der Waals surface area (Å²) in [4.78, 5) is 76.4. The SMILES string of the molecule is COc1ccc(C(=O)NCCCNC(=O)CCOCCC(COCCC(=O)NCCCNC(=O)c2ccc(OC)cc2)(COCCC2OC2NCCCNC(=O)c2ccc(OC)cc2)NC(=O)CCCC(C)C)cc1. The molecule has 3 unspecified atom stereocenters. The molecule has 20 nitrogen and oxygen atoms in total. The lowest BCUT2D eigenvalue weighted by Gasteiger charge is -2.34.